The van der Waals surface area contributed by atoms with E-state index < -0.39 is 0 Å². The lowest BCUT2D eigenvalue weighted by Gasteiger charge is -2.32. The fraction of sp³-hybridized carbons (Fsp3) is 0.684. The average Bonchev–Trinajstić information content (AvgIpc) is 2.99. The summed E-state index contributed by atoms with van der Waals surface area (Å²) in [6, 6.07) is 7.14. The van der Waals surface area contributed by atoms with Crippen molar-refractivity contribution in [2.24, 2.45) is 5.73 Å². The molecule has 0 saturated carbocycles. The van der Waals surface area contributed by atoms with Crippen LogP contribution in [0.25, 0.3) is 0 Å². The number of rotatable bonds is 3. The highest BCUT2D eigenvalue weighted by Crippen LogP contribution is 2.37. The third kappa shape index (κ3) is 3.09. The number of nitrogens with zero attached hydrogens (tertiary/aromatic N) is 1. The zero-order chi connectivity index (χ0) is 17.7. The molecule has 2 unspecified atom stereocenters. The van der Waals surface area contributed by atoms with Crippen LogP contribution >= 0.6 is 0 Å². The molecule has 2 atom stereocenters. The van der Waals surface area contributed by atoms with Gasteiger partial charge in [0.1, 0.15) is 0 Å². The molecule has 0 amide bonds. The second kappa shape index (κ2) is 6.04. The Kier molecular flexibility index (Phi) is 4.48. The number of hydrogen-bond donors (Lipinski definition) is 1. The van der Waals surface area contributed by atoms with Crippen LogP contribution in [0.15, 0.2) is 18.2 Å². The third-order valence-electron chi connectivity index (χ3n) is 5.90. The van der Waals surface area contributed by atoms with Gasteiger partial charge in [-0.2, -0.15) is 0 Å². The summed E-state index contributed by atoms with van der Waals surface area (Å²) in [5.41, 5.74) is 8.97. The fourth-order valence-corrected chi connectivity index (χ4v) is 3.52. The summed E-state index contributed by atoms with van der Waals surface area (Å²) in [6.45, 7) is 13.8. The SMILES string of the molecule is CC(N)c1cc(B2OC(C)(C)C(C)(C)O2)cc(N2CCCC2C)c1. The van der Waals surface area contributed by atoms with Crippen LogP contribution in [0.3, 0.4) is 0 Å². The van der Waals surface area contributed by atoms with Gasteiger partial charge in [0.05, 0.1) is 11.2 Å². The Morgan fingerprint density at radius 3 is 2.29 bits per heavy atom. The van der Waals surface area contributed by atoms with E-state index in [1.807, 2.05) is 6.92 Å². The summed E-state index contributed by atoms with van der Waals surface area (Å²) in [4.78, 5) is 2.47. The van der Waals surface area contributed by atoms with Crippen LogP contribution in [0.4, 0.5) is 5.69 Å². The minimum Gasteiger partial charge on any atom is -0.399 e. The van der Waals surface area contributed by atoms with Gasteiger partial charge >= 0.3 is 7.12 Å². The molecule has 0 bridgehead atoms. The Morgan fingerprint density at radius 1 is 1.17 bits per heavy atom. The summed E-state index contributed by atoms with van der Waals surface area (Å²) < 4.78 is 12.5. The van der Waals surface area contributed by atoms with Crippen LogP contribution in [-0.4, -0.2) is 30.9 Å². The van der Waals surface area contributed by atoms with Crippen molar-refractivity contribution in [1.29, 1.82) is 0 Å². The zero-order valence-electron chi connectivity index (χ0n) is 15.9. The van der Waals surface area contributed by atoms with Gasteiger partial charge in [-0.3, -0.25) is 0 Å². The largest absolute Gasteiger partial charge is 0.494 e. The highest BCUT2D eigenvalue weighted by atomic mass is 16.7. The van der Waals surface area contributed by atoms with Crippen LogP contribution in [-0.2, 0) is 9.31 Å². The van der Waals surface area contributed by atoms with Gasteiger partial charge in [-0.15, -0.1) is 0 Å². The molecule has 3 rings (SSSR count). The highest BCUT2D eigenvalue weighted by Gasteiger charge is 2.51. The van der Waals surface area contributed by atoms with Crippen LogP contribution < -0.4 is 16.1 Å². The molecular formula is C19H31BN2O2. The summed E-state index contributed by atoms with van der Waals surface area (Å²) in [5.74, 6) is 0. The molecule has 2 saturated heterocycles. The maximum atomic E-state index is 6.25. The van der Waals surface area contributed by atoms with Gasteiger partial charge < -0.3 is 19.9 Å². The van der Waals surface area contributed by atoms with Crippen molar-refractivity contribution >= 4 is 18.3 Å². The van der Waals surface area contributed by atoms with E-state index in [2.05, 4.69) is 57.7 Å². The average molecular weight is 330 g/mol. The molecule has 0 aromatic heterocycles. The maximum Gasteiger partial charge on any atom is 0.494 e. The Labute approximate surface area is 146 Å². The second-order valence-corrected chi connectivity index (χ2v) is 8.42. The minimum absolute atomic E-state index is 0.0102. The fourth-order valence-electron chi connectivity index (χ4n) is 3.52. The molecule has 2 heterocycles. The molecule has 4 nitrogen and oxygen atoms in total. The molecule has 1 aromatic rings. The molecule has 24 heavy (non-hydrogen) atoms. The summed E-state index contributed by atoms with van der Waals surface area (Å²) in [5, 5.41) is 0. The molecular weight excluding hydrogens is 299 g/mol. The molecule has 1 aromatic carbocycles. The van der Waals surface area contributed by atoms with Crippen molar-refractivity contribution in [3.8, 4) is 0 Å². The van der Waals surface area contributed by atoms with Crippen LogP contribution in [0, 0.1) is 0 Å². The Morgan fingerprint density at radius 2 is 1.79 bits per heavy atom. The monoisotopic (exact) mass is 330 g/mol. The molecule has 0 aliphatic carbocycles. The molecule has 5 heteroatoms. The normalized spacial score (nSPS) is 26.9. The molecule has 2 aliphatic heterocycles. The first-order chi connectivity index (χ1) is 11.1. The molecule has 2 aliphatic rings. The summed E-state index contributed by atoms with van der Waals surface area (Å²) >= 11 is 0. The van der Waals surface area contributed by atoms with Gasteiger partial charge in [0.25, 0.3) is 0 Å². The zero-order valence-corrected chi connectivity index (χ0v) is 15.9. The molecule has 132 valence electrons. The maximum absolute atomic E-state index is 6.25. The Hall–Kier alpha value is -1.04. The van der Waals surface area contributed by atoms with Gasteiger partial charge in [-0.05, 0) is 77.5 Å². The van der Waals surface area contributed by atoms with Gasteiger partial charge in [-0.25, -0.2) is 0 Å². The topological polar surface area (TPSA) is 47.7 Å². The van der Waals surface area contributed by atoms with Crippen molar-refractivity contribution in [3.05, 3.63) is 23.8 Å². The third-order valence-corrected chi connectivity index (χ3v) is 5.90. The summed E-state index contributed by atoms with van der Waals surface area (Å²) in [7, 11) is -0.342. The van der Waals surface area contributed by atoms with E-state index in [0.29, 0.717) is 6.04 Å². The van der Waals surface area contributed by atoms with E-state index in [1.54, 1.807) is 0 Å². The predicted octanol–water partition coefficient (Wildman–Crippen LogP) is 2.99. The van der Waals surface area contributed by atoms with Crippen molar-refractivity contribution in [2.45, 2.75) is 77.7 Å². The minimum atomic E-state index is -0.342. The number of benzene rings is 1. The van der Waals surface area contributed by atoms with E-state index in [0.717, 1.165) is 17.6 Å². The van der Waals surface area contributed by atoms with Crippen molar-refractivity contribution in [1.82, 2.24) is 0 Å². The van der Waals surface area contributed by atoms with Crippen molar-refractivity contribution in [2.75, 3.05) is 11.4 Å². The van der Waals surface area contributed by atoms with Gasteiger partial charge in [0.15, 0.2) is 0 Å². The first-order valence-corrected chi connectivity index (χ1v) is 9.13. The first kappa shape index (κ1) is 17.8. The number of anilines is 1. The summed E-state index contributed by atoms with van der Waals surface area (Å²) in [6.07, 6.45) is 2.49. The van der Waals surface area contributed by atoms with Gasteiger partial charge in [-0.1, -0.05) is 6.07 Å². The van der Waals surface area contributed by atoms with Crippen molar-refractivity contribution < 1.29 is 9.31 Å². The van der Waals surface area contributed by atoms with E-state index in [4.69, 9.17) is 15.0 Å². The second-order valence-electron chi connectivity index (χ2n) is 8.42. The molecule has 2 N–H and O–H groups in total. The smallest absolute Gasteiger partial charge is 0.399 e. The lowest BCUT2D eigenvalue weighted by Crippen LogP contribution is -2.41. The van der Waals surface area contributed by atoms with E-state index in [9.17, 15) is 0 Å². The molecule has 2 fully saturated rings. The van der Waals surface area contributed by atoms with Gasteiger partial charge in [0.2, 0.25) is 0 Å². The molecule has 0 radical (unpaired) electrons. The Balaban J connectivity index is 1.97. The van der Waals surface area contributed by atoms with Crippen LogP contribution in [0.1, 0.15) is 66.0 Å². The molecule has 0 spiro atoms. The standard InChI is InChI=1S/C19H31BN2O2/c1-13-8-7-9-22(13)17-11-15(14(2)21)10-16(12-17)20-23-18(3,4)19(5,6)24-20/h10-14H,7-9,21H2,1-6H3. The number of nitrogens with two attached hydrogens (primary N) is 1. The van der Waals surface area contributed by atoms with Crippen molar-refractivity contribution in [3.63, 3.8) is 0 Å². The first-order valence-electron chi connectivity index (χ1n) is 9.13. The predicted molar refractivity (Wildman–Crippen MR) is 101 cm³/mol. The Bertz CT molecular complexity index is 599. The highest BCUT2D eigenvalue weighted by molar-refractivity contribution is 6.62. The quantitative estimate of drug-likeness (QED) is 0.866. The van der Waals surface area contributed by atoms with Crippen LogP contribution in [0.5, 0.6) is 0 Å². The lowest BCUT2D eigenvalue weighted by molar-refractivity contribution is 0.00578. The van der Waals surface area contributed by atoms with Gasteiger partial charge in [0, 0.05) is 24.3 Å². The van der Waals surface area contributed by atoms with Crippen LogP contribution in [0.2, 0.25) is 0 Å². The number of hydrogen-bond acceptors (Lipinski definition) is 4. The van der Waals surface area contributed by atoms with E-state index >= 15 is 0 Å². The van der Waals surface area contributed by atoms with E-state index in [-0.39, 0.29) is 24.4 Å². The lowest BCUT2D eigenvalue weighted by atomic mass is 9.77. The van der Waals surface area contributed by atoms with E-state index in [1.165, 1.54) is 18.5 Å².